The van der Waals surface area contributed by atoms with Gasteiger partial charge in [0.25, 0.3) is 0 Å². The summed E-state index contributed by atoms with van der Waals surface area (Å²) < 4.78 is 21.4. The van der Waals surface area contributed by atoms with E-state index in [1.54, 1.807) is 16.8 Å². The number of ether oxygens (including phenoxy) is 1. The highest BCUT2D eigenvalue weighted by atomic mass is 19.1. The minimum Gasteiger partial charge on any atom is -0.439 e. The molecule has 0 saturated heterocycles. The zero-order valence-electron chi connectivity index (χ0n) is 20.4. The van der Waals surface area contributed by atoms with Gasteiger partial charge in [-0.15, -0.1) is 0 Å². The third kappa shape index (κ3) is 6.35. The van der Waals surface area contributed by atoms with Crippen molar-refractivity contribution in [2.75, 3.05) is 6.54 Å². The molecule has 3 aromatic carbocycles. The van der Waals surface area contributed by atoms with Crippen LogP contribution in [0.15, 0.2) is 84.9 Å². The minimum atomic E-state index is -0.516. The molecular formula is C29H32FN3O2. The first-order chi connectivity index (χ1) is 16.9. The van der Waals surface area contributed by atoms with Crippen LogP contribution >= 0.6 is 0 Å². The molecule has 6 heteroatoms. The number of nitrogens with zero attached hydrogens (tertiary/aromatic N) is 3. The normalized spacial score (nSPS) is 12.3. The average Bonchev–Trinajstić information content (AvgIpc) is 3.16. The molecule has 35 heavy (non-hydrogen) atoms. The van der Waals surface area contributed by atoms with E-state index < -0.39 is 6.10 Å². The van der Waals surface area contributed by atoms with Gasteiger partial charge in [0.2, 0.25) is 5.88 Å². The number of aliphatic hydroxyl groups is 1. The van der Waals surface area contributed by atoms with Gasteiger partial charge in [0, 0.05) is 31.7 Å². The molecule has 0 unspecified atom stereocenters. The molecule has 182 valence electrons. The maximum absolute atomic E-state index is 13.4. The van der Waals surface area contributed by atoms with Gasteiger partial charge in [-0.25, -0.2) is 9.07 Å². The minimum absolute atomic E-state index is 0.183. The topological polar surface area (TPSA) is 50.5 Å². The van der Waals surface area contributed by atoms with E-state index in [4.69, 9.17) is 9.84 Å². The molecule has 0 aliphatic heterocycles. The summed E-state index contributed by atoms with van der Waals surface area (Å²) in [4.78, 5) is 2.23. The highest BCUT2D eigenvalue weighted by Gasteiger charge is 2.24. The van der Waals surface area contributed by atoms with E-state index in [-0.39, 0.29) is 11.9 Å². The Morgan fingerprint density at radius 1 is 0.943 bits per heavy atom. The molecule has 1 N–H and O–H groups in total. The summed E-state index contributed by atoms with van der Waals surface area (Å²) >= 11 is 0. The van der Waals surface area contributed by atoms with Gasteiger partial charge in [-0.05, 0) is 50.1 Å². The van der Waals surface area contributed by atoms with Crippen molar-refractivity contribution in [3.05, 3.63) is 102 Å². The van der Waals surface area contributed by atoms with Gasteiger partial charge < -0.3 is 9.84 Å². The first-order valence-corrected chi connectivity index (χ1v) is 11.9. The first kappa shape index (κ1) is 24.6. The Bertz CT molecular complexity index is 1210. The second-order valence-corrected chi connectivity index (χ2v) is 9.04. The number of hydrogen-bond donors (Lipinski definition) is 1. The van der Waals surface area contributed by atoms with Crippen LogP contribution in [0.1, 0.15) is 25.0 Å². The molecule has 4 rings (SSSR count). The summed E-state index contributed by atoms with van der Waals surface area (Å²) in [7, 11) is 1.85. The van der Waals surface area contributed by atoms with E-state index in [2.05, 4.69) is 18.7 Å². The van der Waals surface area contributed by atoms with Crippen LogP contribution < -0.4 is 4.74 Å². The molecule has 5 nitrogen and oxygen atoms in total. The van der Waals surface area contributed by atoms with E-state index in [0.717, 1.165) is 22.4 Å². The van der Waals surface area contributed by atoms with Crippen molar-refractivity contribution < 1.29 is 14.2 Å². The van der Waals surface area contributed by atoms with E-state index in [0.29, 0.717) is 31.1 Å². The van der Waals surface area contributed by atoms with Crippen LogP contribution in [0.3, 0.4) is 0 Å². The van der Waals surface area contributed by atoms with Crippen LogP contribution in [0, 0.1) is 5.82 Å². The predicted octanol–water partition coefficient (Wildman–Crippen LogP) is 5.83. The summed E-state index contributed by atoms with van der Waals surface area (Å²) in [6, 6.07) is 26.2. The van der Waals surface area contributed by atoms with Gasteiger partial charge in [0.1, 0.15) is 17.3 Å². The first-order valence-electron chi connectivity index (χ1n) is 11.9. The Hall–Kier alpha value is -3.48. The third-order valence-corrected chi connectivity index (χ3v) is 6.01. The van der Waals surface area contributed by atoms with Crippen molar-refractivity contribution in [1.29, 1.82) is 0 Å². The summed E-state index contributed by atoms with van der Waals surface area (Å²) in [5, 5.41) is 15.7. The SMILES string of the molecule is CC(C)N(Cc1c(-c2ccccc2)nn(C)c1Oc1ccc(F)cc1)C[C@H](O)Cc1ccccc1. The highest BCUT2D eigenvalue weighted by molar-refractivity contribution is 5.65. The number of aromatic nitrogens is 2. The molecule has 4 aromatic rings. The lowest BCUT2D eigenvalue weighted by molar-refractivity contribution is 0.0904. The molecule has 0 bridgehead atoms. The molecule has 0 radical (unpaired) electrons. The molecule has 1 aromatic heterocycles. The quantitative estimate of drug-likeness (QED) is 0.315. The standard InChI is InChI=1S/C29H32FN3O2/c1-21(2)33(19-25(34)18-22-10-6-4-7-11-22)20-27-28(23-12-8-5-9-13-23)31-32(3)29(27)35-26-16-14-24(30)15-17-26/h4-17,21,25,34H,18-20H2,1-3H3/t25-/m1/s1. The van der Waals surface area contributed by atoms with E-state index in [1.165, 1.54) is 12.1 Å². The number of aryl methyl sites for hydroxylation is 1. The Morgan fingerprint density at radius 3 is 2.20 bits per heavy atom. The van der Waals surface area contributed by atoms with Crippen LogP contribution in [-0.2, 0) is 20.0 Å². The highest BCUT2D eigenvalue weighted by Crippen LogP contribution is 2.34. The molecule has 1 atom stereocenters. The number of halogens is 1. The number of benzene rings is 3. The molecule has 0 aliphatic carbocycles. The van der Waals surface area contributed by atoms with Gasteiger partial charge in [-0.2, -0.15) is 5.10 Å². The summed E-state index contributed by atoms with van der Waals surface area (Å²) in [5.41, 5.74) is 3.84. The van der Waals surface area contributed by atoms with Crippen LogP contribution in [-0.4, -0.2) is 38.5 Å². The average molecular weight is 474 g/mol. The maximum atomic E-state index is 13.4. The summed E-state index contributed by atoms with van der Waals surface area (Å²) in [5.74, 6) is 0.820. The van der Waals surface area contributed by atoms with Crippen molar-refractivity contribution in [2.45, 2.75) is 39.0 Å². The van der Waals surface area contributed by atoms with Crippen molar-refractivity contribution in [1.82, 2.24) is 14.7 Å². The molecule has 0 saturated carbocycles. The Labute approximate surface area is 206 Å². The van der Waals surface area contributed by atoms with Gasteiger partial charge in [0.15, 0.2) is 0 Å². The summed E-state index contributed by atoms with van der Waals surface area (Å²) in [6.45, 7) is 5.28. The summed E-state index contributed by atoms with van der Waals surface area (Å²) in [6.07, 6.45) is 0.0693. The molecule has 0 fully saturated rings. The smallest absolute Gasteiger partial charge is 0.222 e. The van der Waals surface area contributed by atoms with Crippen LogP contribution in [0.4, 0.5) is 4.39 Å². The van der Waals surface area contributed by atoms with Crippen molar-refractivity contribution in [3.63, 3.8) is 0 Å². The van der Waals surface area contributed by atoms with Crippen molar-refractivity contribution in [2.24, 2.45) is 7.05 Å². The van der Waals surface area contributed by atoms with Gasteiger partial charge in [0.05, 0.1) is 11.7 Å². The van der Waals surface area contributed by atoms with E-state index in [9.17, 15) is 9.50 Å². The van der Waals surface area contributed by atoms with Gasteiger partial charge in [-0.3, -0.25) is 4.90 Å². The Morgan fingerprint density at radius 2 is 1.57 bits per heavy atom. The van der Waals surface area contributed by atoms with Crippen LogP contribution in [0.25, 0.3) is 11.3 Å². The zero-order valence-corrected chi connectivity index (χ0v) is 20.4. The molecule has 0 spiro atoms. The van der Waals surface area contributed by atoms with Crippen molar-refractivity contribution >= 4 is 0 Å². The fourth-order valence-electron chi connectivity index (χ4n) is 4.15. The number of rotatable bonds is 10. The van der Waals surface area contributed by atoms with Gasteiger partial charge in [-0.1, -0.05) is 60.7 Å². The Balaban J connectivity index is 1.64. The lowest BCUT2D eigenvalue weighted by atomic mass is 10.0. The molecular weight excluding hydrogens is 441 g/mol. The van der Waals surface area contributed by atoms with Crippen LogP contribution in [0.5, 0.6) is 11.6 Å². The van der Waals surface area contributed by atoms with E-state index >= 15 is 0 Å². The van der Waals surface area contributed by atoms with Crippen molar-refractivity contribution in [3.8, 4) is 22.9 Å². The fourth-order valence-corrected chi connectivity index (χ4v) is 4.15. The molecule has 1 heterocycles. The lowest BCUT2D eigenvalue weighted by Crippen LogP contribution is -2.38. The molecule has 0 amide bonds. The van der Waals surface area contributed by atoms with E-state index in [1.807, 2.05) is 67.7 Å². The molecule has 0 aliphatic rings. The van der Waals surface area contributed by atoms with Gasteiger partial charge >= 0.3 is 0 Å². The lowest BCUT2D eigenvalue weighted by Gasteiger charge is -2.29. The van der Waals surface area contributed by atoms with Crippen LogP contribution in [0.2, 0.25) is 0 Å². The number of aliphatic hydroxyl groups excluding tert-OH is 1. The Kier molecular flexibility index (Phi) is 7.95. The largest absolute Gasteiger partial charge is 0.439 e. The second-order valence-electron chi connectivity index (χ2n) is 9.04. The zero-order chi connectivity index (χ0) is 24.8. The maximum Gasteiger partial charge on any atom is 0.222 e. The number of hydrogen-bond acceptors (Lipinski definition) is 4. The second kappa shape index (κ2) is 11.3. The predicted molar refractivity (Wildman–Crippen MR) is 137 cm³/mol. The monoisotopic (exact) mass is 473 g/mol. The fraction of sp³-hybridized carbons (Fsp3) is 0.276. The third-order valence-electron chi connectivity index (χ3n) is 6.01.